The summed E-state index contributed by atoms with van der Waals surface area (Å²) >= 11 is 0. The lowest BCUT2D eigenvalue weighted by atomic mass is 9.89. The Morgan fingerprint density at radius 3 is 2.66 bits per heavy atom. The van der Waals surface area contributed by atoms with E-state index in [4.69, 9.17) is 4.52 Å². The minimum atomic E-state index is -0.802. The molecule has 0 spiro atoms. The van der Waals surface area contributed by atoms with E-state index in [0.717, 1.165) is 37.2 Å². The molecule has 1 aliphatic heterocycles. The van der Waals surface area contributed by atoms with Gasteiger partial charge in [-0.05, 0) is 50.5 Å². The zero-order valence-electron chi connectivity index (χ0n) is 21.2. The van der Waals surface area contributed by atoms with Crippen LogP contribution in [0.2, 0.25) is 0 Å². The van der Waals surface area contributed by atoms with E-state index in [0.29, 0.717) is 19.0 Å². The number of pyridine rings is 1. The van der Waals surface area contributed by atoms with Crippen LogP contribution in [0, 0.1) is 17.6 Å². The molecule has 2 aliphatic rings. The summed E-state index contributed by atoms with van der Waals surface area (Å²) in [5.41, 5.74) is 0.870. The second-order valence-electron chi connectivity index (χ2n) is 10.1. The van der Waals surface area contributed by atoms with Gasteiger partial charge in [-0.1, -0.05) is 24.1 Å². The average Bonchev–Trinajstić information content (AvgIpc) is 3.62. The molecular formula is C28H31F2N5O3. The lowest BCUT2D eigenvalue weighted by Crippen LogP contribution is -2.57. The maximum absolute atomic E-state index is 14.2. The highest BCUT2D eigenvalue weighted by molar-refractivity contribution is 5.93. The number of rotatable bonds is 7. The highest BCUT2D eigenvalue weighted by atomic mass is 19.1. The summed E-state index contributed by atoms with van der Waals surface area (Å²) in [7, 11) is 0. The number of hydrogen-bond donors (Lipinski definition) is 2. The summed E-state index contributed by atoms with van der Waals surface area (Å²) in [4.78, 5) is 33.3. The number of aromatic nitrogens is 2. The Morgan fingerprint density at radius 1 is 1.11 bits per heavy atom. The molecule has 38 heavy (non-hydrogen) atoms. The van der Waals surface area contributed by atoms with Gasteiger partial charge in [-0.2, -0.15) is 0 Å². The van der Waals surface area contributed by atoms with Gasteiger partial charge in [-0.25, -0.2) is 8.78 Å². The molecular weight excluding hydrogens is 492 g/mol. The summed E-state index contributed by atoms with van der Waals surface area (Å²) < 4.78 is 32.6. The maximum Gasteiger partial charge on any atom is 0.290 e. The number of benzene rings is 1. The first-order valence-electron chi connectivity index (χ1n) is 13.1. The number of carbonyl (C=O) groups is 2. The molecule has 0 radical (unpaired) electrons. The van der Waals surface area contributed by atoms with E-state index < -0.39 is 29.5 Å². The fourth-order valence-electron chi connectivity index (χ4n) is 5.49. The topological polar surface area (TPSA) is 100 Å². The highest BCUT2D eigenvalue weighted by Gasteiger charge is 2.39. The normalized spacial score (nSPS) is 21.2. The zero-order chi connectivity index (χ0) is 26.6. The first kappa shape index (κ1) is 26.0. The summed E-state index contributed by atoms with van der Waals surface area (Å²) in [6.45, 7) is 3.20. The molecule has 0 bridgehead atoms. The molecule has 5 rings (SSSR count). The van der Waals surface area contributed by atoms with Crippen molar-refractivity contribution in [2.75, 3.05) is 13.1 Å². The van der Waals surface area contributed by atoms with E-state index >= 15 is 0 Å². The highest BCUT2D eigenvalue weighted by Crippen LogP contribution is 2.29. The van der Waals surface area contributed by atoms with Gasteiger partial charge in [0, 0.05) is 49.1 Å². The molecule has 200 valence electrons. The standard InChI is InChI=1S/C28H31F2N5O3/c1-17(23-8-4-5-12-31-23)32-27(36)21-16-35(19-6-2-3-7-19)13-11-24(21)33-28(37)26-15-25(34-38-26)20-10-9-18(29)14-22(20)30/h4-5,8-10,12,14-15,17,19,21,24H,2-3,6-7,11,13,16H2,1H3,(H,32,36)(H,33,37)/t17-,21-,24-/m1/s1. The van der Waals surface area contributed by atoms with Gasteiger partial charge in [-0.3, -0.25) is 19.5 Å². The summed E-state index contributed by atoms with van der Waals surface area (Å²) in [6, 6.07) is 9.72. The van der Waals surface area contributed by atoms with Crippen molar-refractivity contribution >= 4 is 11.8 Å². The van der Waals surface area contributed by atoms with E-state index in [2.05, 4.69) is 25.7 Å². The van der Waals surface area contributed by atoms with Crippen molar-refractivity contribution in [3.8, 4) is 11.3 Å². The Morgan fingerprint density at radius 2 is 1.92 bits per heavy atom. The van der Waals surface area contributed by atoms with Crippen LogP contribution in [0.5, 0.6) is 0 Å². The molecule has 2 amide bonds. The van der Waals surface area contributed by atoms with Crippen molar-refractivity contribution in [2.45, 2.75) is 57.2 Å². The first-order valence-corrected chi connectivity index (χ1v) is 13.1. The Labute approximate surface area is 219 Å². The second kappa shape index (κ2) is 11.4. The molecule has 2 N–H and O–H groups in total. The second-order valence-corrected chi connectivity index (χ2v) is 10.1. The minimum absolute atomic E-state index is 0.0276. The molecule has 1 aromatic carbocycles. The van der Waals surface area contributed by atoms with Gasteiger partial charge in [0.1, 0.15) is 17.3 Å². The lowest BCUT2D eigenvalue weighted by Gasteiger charge is -2.41. The van der Waals surface area contributed by atoms with Crippen molar-refractivity contribution in [1.82, 2.24) is 25.7 Å². The van der Waals surface area contributed by atoms with E-state index in [1.807, 2.05) is 25.1 Å². The van der Waals surface area contributed by atoms with Gasteiger partial charge >= 0.3 is 0 Å². The summed E-state index contributed by atoms with van der Waals surface area (Å²) in [5.74, 6) is -2.79. The Hall–Kier alpha value is -3.66. The smallest absolute Gasteiger partial charge is 0.290 e. The summed E-state index contributed by atoms with van der Waals surface area (Å²) in [5, 5.41) is 9.81. The quantitative estimate of drug-likeness (QED) is 0.480. The molecule has 1 saturated heterocycles. The SMILES string of the molecule is C[C@@H](NC(=O)[C@@H]1CN(C2CCCC2)CC[C@H]1NC(=O)c1cc(-c2ccc(F)cc2F)no1)c1ccccn1. The Balaban J connectivity index is 1.30. The molecule has 10 heteroatoms. The van der Waals surface area contributed by atoms with E-state index in [1.165, 1.54) is 25.0 Å². The third-order valence-electron chi connectivity index (χ3n) is 7.57. The first-order chi connectivity index (χ1) is 18.4. The monoisotopic (exact) mass is 523 g/mol. The number of halogens is 2. The predicted molar refractivity (Wildman–Crippen MR) is 136 cm³/mol. The largest absolute Gasteiger partial charge is 0.350 e. The van der Waals surface area contributed by atoms with Crippen LogP contribution in [0.25, 0.3) is 11.3 Å². The van der Waals surface area contributed by atoms with E-state index in [9.17, 15) is 18.4 Å². The van der Waals surface area contributed by atoms with Gasteiger partial charge in [0.05, 0.1) is 17.7 Å². The van der Waals surface area contributed by atoms with Crippen molar-refractivity contribution in [2.24, 2.45) is 5.92 Å². The summed E-state index contributed by atoms with van der Waals surface area (Å²) in [6.07, 6.45) is 6.92. The molecule has 2 aromatic heterocycles. The number of carbonyl (C=O) groups excluding carboxylic acids is 2. The number of likely N-dealkylation sites (tertiary alicyclic amines) is 1. The van der Waals surface area contributed by atoms with Gasteiger partial charge in [0.15, 0.2) is 0 Å². The van der Waals surface area contributed by atoms with Gasteiger partial charge in [0.25, 0.3) is 5.91 Å². The van der Waals surface area contributed by atoms with Crippen LogP contribution < -0.4 is 10.6 Å². The number of amides is 2. The minimum Gasteiger partial charge on any atom is -0.350 e. The molecule has 3 aromatic rings. The molecule has 1 saturated carbocycles. The predicted octanol–water partition coefficient (Wildman–Crippen LogP) is 4.26. The molecule has 3 heterocycles. The number of hydrogen-bond acceptors (Lipinski definition) is 6. The van der Waals surface area contributed by atoms with Crippen LogP contribution in [-0.2, 0) is 4.79 Å². The fourth-order valence-corrected chi connectivity index (χ4v) is 5.49. The van der Waals surface area contributed by atoms with Gasteiger partial charge < -0.3 is 15.2 Å². The van der Waals surface area contributed by atoms with Crippen molar-refractivity contribution < 1.29 is 22.9 Å². The molecule has 3 atom stereocenters. The van der Waals surface area contributed by atoms with Crippen LogP contribution in [0.4, 0.5) is 8.78 Å². The van der Waals surface area contributed by atoms with Crippen LogP contribution in [0.3, 0.4) is 0 Å². The Kier molecular flexibility index (Phi) is 7.78. The van der Waals surface area contributed by atoms with E-state index in [1.54, 1.807) is 6.20 Å². The third-order valence-corrected chi connectivity index (χ3v) is 7.57. The number of nitrogens with zero attached hydrogens (tertiary/aromatic N) is 3. The van der Waals surface area contributed by atoms with Crippen LogP contribution in [0.1, 0.15) is 61.3 Å². The van der Waals surface area contributed by atoms with Crippen LogP contribution in [-0.4, -0.2) is 52.0 Å². The fraction of sp³-hybridized carbons (Fsp3) is 0.429. The molecule has 8 nitrogen and oxygen atoms in total. The average molecular weight is 524 g/mol. The molecule has 0 unspecified atom stereocenters. The van der Waals surface area contributed by atoms with Crippen LogP contribution >= 0.6 is 0 Å². The van der Waals surface area contributed by atoms with Gasteiger partial charge in [-0.15, -0.1) is 0 Å². The molecule has 2 fully saturated rings. The van der Waals surface area contributed by atoms with E-state index in [-0.39, 0.29) is 29.0 Å². The number of piperidine rings is 1. The Bertz CT molecular complexity index is 1280. The maximum atomic E-state index is 14.2. The van der Waals surface area contributed by atoms with Crippen molar-refractivity contribution in [1.29, 1.82) is 0 Å². The number of nitrogens with one attached hydrogen (secondary N) is 2. The van der Waals surface area contributed by atoms with Crippen LogP contribution in [0.15, 0.2) is 53.2 Å². The van der Waals surface area contributed by atoms with Gasteiger partial charge in [0.2, 0.25) is 11.7 Å². The lowest BCUT2D eigenvalue weighted by molar-refractivity contribution is -0.128. The zero-order valence-corrected chi connectivity index (χ0v) is 21.2. The third kappa shape index (κ3) is 5.75. The van der Waals surface area contributed by atoms with Crippen molar-refractivity contribution in [3.63, 3.8) is 0 Å². The van der Waals surface area contributed by atoms with Crippen molar-refractivity contribution in [3.05, 3.63) is 71.8 Å². The molecule has 1 aliphatic carbocycles.